The second-order valence-corrected chi connectivity index (χ2v) is 4.98. The smallest absolute Gasteiger partial charge is 0.107 e. The number of hydrogen-bond acceptors (Lipinski definition) is 3. The molecular weight excluding hydrogens is 200 g/mol. The minimum absolute atomic E-state index is 0.531. The lowest BCUT2D eigenvalue weighted by Crippen LogP contribution is -2.50. The summed E-state index contributed by atoms with van der Waals surface area (Å²) in [6.45, 7) is 7.66. The summed E-state index contributed by atoms with van der Waals surface area (Å²) in [5, 5.41) is 3.43. The van der Waals surface area contributed by atoms with E-state index in [9.17, 15) is 0 Å². The molecule has 4 heteroatoms. The molecule has 1 fully saturated rings. The molecule has 1 unspecified atom stereocenters. The van der Waals surface area contributed by atoms with Crippen molar-refractivity contribution in [3.8, 4) is 0 Å². The summed E-state index contributed by atoms with van der Waals surface area (Å²) in [5.74, 6) is 1.65. The summed E-state index contributed by atoms with van der Waals surface area (Å²) >= 11 is 0. The molecule has 0 aliphatic carbocycles. The molecular formula is C12H22N4. The summed E-state index contributed by atoms with van der Waals surface area (Å²) in [7, 11) is 2.19. The second kappa shape index (κ2) is 4.97. The number of nitrogens with one attached hydrogen (secondary N) is 2. The first kappa shape index (κ1) is 11.6. The molecule has 0 bridgehead atoms. The van der Waals surface area contributed by atoms with Crippen molar-refractivity contribution in [2.24, 2.45) is 0 Å². The molecule has 0 aromatic carbocycles. The van der Waals surface area contributed by atoms with E-state index in [1.165, 1.54) is 5.69 Å². The molecule has 1 aromatic heterocycles. The van der Waals surface area contributed by atoms with E-state index in [0.29, 0.717) is 12.0 Å². The van der Waals surface area contributed by atoms with Gasteiger partial charge in [-0.3, -0.25) is 0 Å². The van der Waals surface area contributed by atoms with Crippen molar-refractivity contribution in [1.82, 2.24) is 20.2 Å². The highest BCUT2D eigenvalue weighted by atomic mass is 15.2. The van der Waals surface area contributed by atoms with Crippen LogP contribution in [0.1, 0.15) is 31.3 Å². The number of nitrogens with zero attached hydrogens (tertiary/aromatic N) is 2. The van der Waals surface area contributed by atoms with E-state index < -0.39 is 0 Å². The van der Waals surface area contributed by atoms with E-state index in [1.54, 1.807) is 0 Å². The van der Waals surface area contributed by atoms with Crippen molar-refractivity contribution in [3.63, 3.8) is 0 Å². The molecule has 1 aliphatic heterocycles. The van der Waals surface area contributed by atoms with Crippen molar-refractivity contribution in [2.75, 3.05) is 26.7 Å². The minimum atomic E-state index is 0.531. The SMILES string of the molecule is CC(C)c1cnc(CC2CNCCN2C)[nH]1. The van der Waals surface area contributed by atoms with Crippen LogP contribution in [0, 0.1) is 0 Å². The van der Waals surface area contributed by atoms with Gasteiger partial charge in [0.05, 0.1) is 0 Å². The summed E-state index contributed by atoms with van der Waals surface area (Å²) in [6.07, 6.45) is 2.98. The van der Waals surface area contributed by atoms with Gasteiger partial charge in [-0.15, -0.1) is 0 Å². The Morgan fingerprint density at radius 2 is 2.38 bits per heavy atom. The molecule has 1 aliphatic rings. The Hall–Kier alpha value is -0.870. The molecule has 1 saturated heterocycles. The minimum Gasteiger partial charge on any atom is -0.346 e. The first-order chi connectivity index (χ1) is 7.66. The zero-order valence-corrected chi connectivity index (χ0v) is 10.5. The van der Waals surface area contributed by atoms with Gasteiger partial charge < -0.3 is 15.2 Å². The molecule has 0 spiro atoms. The number of aromatic nitrogens is 2. The van der Waals surface area contributed by atoms with Crippen LogP contribution in [0.15, 0.2) is 6.20 Å². The monoisotopic (exact) mass is 222 g/mol. The van der Waals surface area contributed by atoms with E-state index >= 15 is 0 Å². The van der Waals surface area contributed by atoms with Crippen molar-refractivity contribution in [1.29, 1.82) is 0 Å². The van der Waals surface area contributed by atoms with E-state index in [1.807, 2.05) is 6.20 Å². The average Bonchev–Trinajstić information content (AvgIpc) is 2.70. The molecule has 90 valence electrons. The Kier molecular flexibility index (Phi) is 3.61. The molecule has 0 radical (unpaired) electrons. The van der Waals surface area contributed by atoms with Crippen LogP contribution in [-0.2, 0) is 6.42 Å². The molecule has 1 aromatic rings. The highest BCUT2D eigenvalue weighted by molar-refractivity contribution is 5.06. The molecule has 0 amide bonds. The van der Waals surface area contributed by atoms with E-state index in [4.69, 9.17) is 0 Å². The van der Waals surface area contributed by atoms with Crippen LogP contribution in [0.5, 0.6) is 0 Å². The van der Waals surface area contributed by atoms with Crippen LogP contribution in [0.4, 0.5) is 0 Å². The molecule has 4 nitrogen and oxygen atoms in total. The quantitative estimate of drug-likeness (QED) is 0.801. The van der Waals surface area contributed by atoms with Gasteiger partial charge in [0.1, 0.15) is 5.82 Å². The van der Waals surface area contributed by atoms with Gasteiger partial charge in [-0.05, 0) is 13.0 Å². The predicted octanol–water partition coefficient (Wildman–Crippen LogP) is 0.979. The Bertz CT molecular complexity index is 332. The Morgan fingerprint density at radius 3 is 3.00 bits per heavy atom. The van der Waals surface area contributed by atoms with Gasteiger partial charge in [0.15, 0.2) is 0 Å². The van der Waals surface area contributed by atoms with Gasteiger partial charge in [-0.25, -0.2) is 4.98 Å². The summed E-state index contributed by atoms with van der Waals surface area (Å²) in [4.78, 5) is 10.3. The number of H-pyrrole nitrogens is 1. The van der Waals surface area contributed by atoms with Crippen molar-refractivity contribution >= 4 is 0 Å². The van der Waals surface area contributed by atoms with Crippen LogP contribution in [0.2, 0.25) is 0 Å². The van der Waals surface area contributed by atoms with Crippen LogP contribution in [0.3, 0.4) is 0 Å². The van der Waals surface area contributed by atoms with E-state index in [0.717, 1.165) is 31.9 Å². The maximum absolute atomic E-state index is 4.46. The second-order valence-electron chi connectivity index (χ2n) is 4.98. The van der Waals surface area contributed by atoms with Gasteiger partial charge in [0.2, 0.25) is 0 Å². The number of imidazole rings is 1. The number of likely N-dealkylation sites (N-methyl/N-ethyl adjacent to an activating group) is 1. The fourth-order valence-electron chi connectivity index (χ4n) is 2.09. The lowest BCUT2D eigenvalue weighted by atomic mass is 10.1. The maximum atomic E-state index is 4.46. The van der Waals surface area contributed by atoms with Crippen LogP contribution in [0.25, 0.3) is 0 Å². The first-order valence-corrected chi connectivity index (χ1v) is 6.11. The number of rotatable bonds is 3. The summed E-state index contributed by atoms with van der Waals surface area (Å²) < 4.78 is 0. The fraction of sp³-hybridized carbons (Fsp3) is 0.750. The molecule has 0 saturated carbocycles. The lowest BCUT2D eigenvalue weighted by Gasteiger charge is -2.32. The van der Waals surface area contributed by atoms with E-state index in [2.05, 4.69) is 41.1 Å². The summed E-state index contributed by atoms with van der Waals surface area (Å²) in [5.41, 5.74) is 1.24. The largest absolute Gasteiger partial charge is 0.346 e. The maximum Gasteiger partial charge on any atom is 0.107 e. The van der Waals surface area contributed by atoms with Crippen LogP contribution < -0.4 is 5.32 Å². The van der Waals surface area contributed by atoms with Gasteiger partial charge in [0, 0.05) is 44.0 Å². The molecule has 2 heterocycles. The lowest BCUT2D eigenvalue weighted by molar-refractivity contribution is 0.197. The van der Waals surface area contributed by atoms with Gasteiger partial charge in [-0.2, -0.15) is 0 Å². The van der Waals surface area contributed by atoms with Crippen molar-refractivity contribution in [2.45, 2.75) is 32.2 Å². The highest BCUT2D eigenvalue weighted by Gasteiger charge is 2.20. The third-order valence-electron chi connectivity index (χ3n) is 3.34. The first-order valence-electron chi connectivity index (χ1n) is 6.11. The molecule has 16 heavy (non-hydrogen) atoms. The standard InChI is InChI=1S/C12H22N4/c1-9(2)11-8-14-12(15-11)6-10-7-13-4-5-16(10)3/h8-10,13H,4-7H2,1-3H3,(H,14,15). The van der Waals surface area contributed by atoms with Crippen molar-refractivity contribution < 1.29 is 0 Å². The third-order valence-corrected chi connectivity index (χ3v) is 3.34. The predicted molar refractivity (Wildman–Crippen MR) is 65.7 cm³/mol. The zero-order chi connectivity index (χ0) is 11.5. The Balaban J connectivity index is 1.97. The number of hydrogen-bond donors (Lipinski definition) is 2. The normalized spacial score (nSPS) is 22.9. The number of aromatic amines is 1. The van der Waals surface area contributed by atoms with Gasteiger partial charge in [0.25, 0.3) is 0 Å². The highest BCUT2D eigenvalue weighted by Crippen LogP contribution is 2.13. The van der Waals surface area contributed by atoms with Crippen LogP contribution >= 0.6 is 0 Å². The molecule has 2 rings (SSSR count). The topological polar surface area (TPSA) is 44.0 Å². The fourth-order valence-corrected chi connectivity index (χ4v) is 2.09. The third kappa shape index (κ3) is 2.62. The average molecular weight is 222 g/mol. The Morgan fingerprint density at radius 1 is 1.56 bits per heavy atom. The molecule has 2 N–H and O–H groups in total. The molecule has 1 atom stereocenters. The number of piperazine rings is 1. The van der Waals surface area contributed by atoms with E-state index in [-0.39, 0.29) is 0 Å². The van der Waals surface area contributed by atoms with Gasteiger partial charge in [-0.1, -0.05) is 13.8 Å². The van der Waals surface area contributed by atoms with Crippen LogP contribution in [-0.4, -0.2) is 47.6 Å². The van der Waals surface area contributed by atoms with Gasteiger partial charge >= 0.3 is 0 Å². The zero-order valence-electron chi connectivity index (χ0n) is 10.5. The Labute approximate surface area is 97.4 Å². The van der Waals surface area contributed by atoms with Crippen molar-refractivity contribution in [3.05, 3.63) is 17.7 Å². The summed E-state index contributed by atoms with van der Waals surface area (Å²) in [6, 6.07) is 0.569.